The summed E-state index contributed by atoms with van der Waals surface area (Å²) in [4.78, 5) is 19.1. The topological polar surface area (TPSA) is 34.4 Å². The van der Waals surface area contributed by atoms with Crippen molar-refractivity contribution in [3.8, 4) is 11.3 Å². The lowest BCUT2D eigenvalue weighted by Crippen LogP contribution is -2.17. The van der Waals surface area contributed by atoms with E-state index in [1.54, 1.807) is 23.5 Å². The highest BCUT2D eigenvalue weighted by atomic mass is 79.9. The lowest BCUT2D eigenvalue weighted by molar-refractivity contribution is 0.0997. The number of rotatable bonds is 5. The normalized spacial score (nSPS) is 11.7. The van der Waals surface area contributed by atoms with Crippen LogP contribution in [0.2, 0.25) is 0 Å². The van der Waals surface area contributed by atoms with Crippen LogP contribution >= 0.6 is 27.3 Å². The third-order valence-electron chi connectivity index (χ3n) is 4.09. The maximum atomic E-state index is 12.7. The van der Waals surface area contributed by atoms with E-state index in [-0.39, 0.29) is 5.91 Å². The average molecular weight is 429 g/mol. The molecule has 3 rings (SSSR count). The zero-order chi connectivity index (χ0) is 18.5. The standard InChI is InChI=1S/C21H21BrN2OS/c1-3-9-18-19(15-10-6-5-7-11-15)24(4-2)21(26-18)23-20(25)16-12-8-13-17(22)14-16/h5-8,10-14H,3-4,9H2,1-2H3. The first-order chi connectivity index (χ1) is 12.6. The van der Waals surface area contributed by atoms with Gasteiger partial charge in [0.05, 0.1) is 5.69 Å². The van der Waals surface area contributed by atoms with E-state index in [1.165, 1.54) is 16.1 Å². The fourth-order valence-corrected chi connectivity index (χ4v) is 4.63. The number of halogens is 1. The molecule has 5 heteroatoms. The second-order valence-electron chi connectivity index (χ2n) is 5.94. The molecule has 0 radical (unpaired) electrons. The first kappa shape index (κ1) is 18.8. The summed E-state index contributed by atoms with van der Waals surface area (Å²) in [5.74, 6) is -0.211. The van der Waals surface area contributed by atoms with Crippen molar-refractivity contribution in [2.24, 2.45) is 4.99 Å². The Kier molecular flexibility index (Phi) is 6.22. The van der Waals surface area contributed by atoms with Crippen molar-refractivity contribution >= 4 is 33.2 Å². The second kappa shape index (κ2) is 8.60. The van der Waals surface area contributed by atoms with Crippen LogP contribution in [0.15, 0.2) is 64.1 Å². The zero-order valence-corrected chi connectivity index (χ0v) is 17.3. The Morgan fingerprint density at radius 3 is 2.54 bits per heavy atom. The summed E-state index contributed by atoms with van der Waals surface area (Å²) in [5.41, 5.74) is 2.94. The number of hydrogen-bond donors (Lipinski definition) is 0. The molecule has 0 aliphatic rings. The van der Waals surface area contributed by atoms with E-state index >= 15 is 0 Å². The minimum absolute atomic E-state index is 0.211. The van der Waals surface area contributed by atoms with Gasteiger partial charge in [-0.1, -0.05) is 65.7 Å². The molecule has 0 fully saturated rings. The first-order valence-electron chi connectivity index (χ1n) is 8.76. The molecule has 1 aromatic heterocycles. The predicted molar refractivity (Wildman–Crippen MR) is 111 cm³/mol. The fraction of sp³-hybridized carbons (Fsp3) is 0.238. The summed E-state index contributed by atoms with van der Waals surface area (Å²) < 4.78 is 3.03. The molecule has 1 amide bonds. The minimum Gasteiger partial charge on any atom is -0.316 e. The van der Waals surface area contributed by atoms with E-state index < -0.39 is 0 Å². The molecule has 0 saturated carbocycles. The lowest BCUT2D eigenvalue weighted by Gasteiger charge is -2.08. The van der Waals surface area contributed by atoms with E-state index in [9.17, 15) is 4.79 Å². The monoisotopic (exact) mass is 428 g/mol. The Balaban J connectivity index is 2.14. The van der Waals surface area contributed by atoms with Crippen LogP contribution < -0.4 is 4.80 Å². The number of thiazole rings is 1. The van der Waals surface area contributed by atoms with Gasteiger partial charge in [-0.15, -0.1) is 11.3 Å². The van der Waals surface area contributed by atoms with E-state index in [4.69, 9.17) is 0 Å². The van der Waals surface area contributed by atoms with Gasteiger partial charge < -0.3 is 4.57 Å². The molecular weight excluding hydrogens is 408 g/mol. The van der Waals surface area contributed by atoms with Gasteiger partial charge in [0.1, 0.15) is 0 Å². The number of aryl methyl sites for hydroxylation is 1. The summed E-state index contributed by atoms with van der Waals surface area (Å²) >= 11 is 5.04. The largest absolute Gasteiger partial charge is 0.316 e. The number of carbonyl (C=O) groups is 1. The molecule has 0 unspecified atom stereocenters. The van der Waals surface area contributed by atoms with Gasteiger partial charge in [0.25, 0.3) is 5.91 Å². The summed E-state index contributed by atoms with van der Waals surface area (Å²) in [6, 6.07) is 17.7. The predicted octanol–water partition coefficient (Wildman–Crippen LogP) is 5.69. The number of nitrogens with zero attached hydrogens (tertiary/aromatic N) is 2. The van der Waals surface area contributed by atoms with Crippen molar-refractivity contribution in [3.05, 3.63) is 74.3 Å². The van der Waals surface area contributed by atoms with Crippen LogP contribution in [-0.2, 0) is 13.0 Å². The molecule has 3 aromatic rings. The van der Waals surface area contributed by atoms with Gasteiger partial charge in [0, 0.05) is 21.5 Å². The minimum atomic E-state index is -0.211. The third kappa shape index (κ3) is 4.05. The maximum Gasteiger partial charge on any atom is 0.279 e. The van der Waals surface area contributed by atoms with E-state index in [0.29, 0.717) is 5.56 Å². The number of hydrogen-bond acceptors (Lipinski definition) is 2. The number of benzene rings is 2. The van der Waals surface area contributed by atoms with Gasteiger partial charge in [0.15, 0.2) is 4.80 Å². The van der Waals surface area contributed by atoms with Crippen LogP contribution in [0.4, 0.5) is 0 Å². The van der Waals surface area contributed by atoms with Gasteiger partial charge in [0.2, 0.25) is 0 Å². The molecule has 0 spiro atoms. The number of aromatic nitrogens is 1. The smallest absolute Gasteiger partial charge is 0.279 e. The van der Waals surface area contributed by atoms with E-state index in [0.717, 1.165) is 28.7 Å². The first-order valence-corrected chi connectivity index (χ1v) is 10.4. The van der Waals surface area contributed by atoms with Crippen LogP contribution in [-0.4, -0.2) is 10.5 Å². The molecule has 2 aromatic carbocycles. The van der Waals surface area contributed by atoms with Gasteiger partial charge >= 0.3 is 0 Å². The summed E-state index contributed by atoms with van der Waals surface area (Å²) in [6.45, 7) is 5.04. The van der Waals surface area contributed by atoms with Gasteiger partial charge in [-0.05, 0) is 37.1 Å². The van der Waals surface area contributed by atoms with Crippen molar-refractivity contribution in [3.63, 3.8) is 0 Å². The van der Waals surface area contributed by atoms with Crippen LogP contribution in [0.3, 0.4) is 0 Å². The molecule has 26 heavy (non-hydrogen) atoms. The second-order valence-corrected chi connectivity index (χ2v) is 7.92. The maximum absolute atomic E-state index is 12.7. The number of amides is 1. The van der Waals surface area contributed by atoms with Crippen LogP contribution in [0.1, 0.15) is 35.5 Å². The highest BCUT2D eigenvalue weighted by molar-refractivity contribution is 9.10. The fourth-order valence-electron chi connectivity index (χ4n) is 2.92. The molecule has 1 heterocycles. The van der Waals surface area contributed by atoms with Gasteiger partial charge in [-0.2, -0.15) is 4.99 Å². The average Bonchev–Trinajstić information content (AvgIpc) is 2.99. The molecular formula is C21H21BrN2OS. The van der Waals surface area contributed by atoms with Crippen molar-refractivity contribution < 1.29 is 4.79 Å². The van der Waals surface area contributed by atoms with Crippen molar-refractivity contribution in [1.82, 2.24) is 4.57 Å². The molecule has 0 atom stereocenters. The highest BCUT2D eigenvalue weighted by Crippen LogP contribution is 2.27. The lowest BCUT2D eigenvalue weighted by atomic mass is 10.1. The quantitative estimate of drug-likeness (QED) is 0.513. The van der Waals surface area contributed by atoms with Crippen LogP contribution in [0.25, 0.3) is 11.3 Å². The third-order valence-corrected chi connectivity index (χ3v) is 5.72. The molecule has 0 saturated heterocycles. The Labute approximate surface area is 166 Å². The van der Waals surface area contributed by atoms with Crippen LogP contribution in [0.5, 0.6) is 0 Å². The Bertz CT molecular complexity index is 973. The van der Waals surface area contributed by atoms with Crippen molar-refractivity contribution in [2.75, 3.05) is 0 Å². The summed E-state index contributed by atoms with van der Waals surface area (Å²) in [7, 11) is 0. The van der Waals surface area contributed by atoms with Crippen LogP contribution in [0, 0.1) is 0 Å². The van der Waals surface area contributed by atoms with Gasteiger partial charge in [-0.3, -0.25) is 4.79 Å². The Hall–Kier alpha value is -1.98. The molecule has 134 valence electrons. The summed E-state index contributed by atoms with van der Waals surface area (Å²) in [5, 5.41) is 0. The number of carbonyl (C=O) groups excluding carboxylic acids is 1. The Morgan fingerprint density at radius 1 is 1.12 bits per heavy atom. The SMILES string of the molecule is CCCc1sc(=NC(=O)c2cccc(Br)c2)n(CC)c1-c1ccccc1. The molecule has 0 bridgehead atoms. The molecule has 0 N–H and O–H groups in total. The summed E-state index contributed by atoms with van der Waals surface area (Å²) in [6.07, 6.45) is 2.04. The van der Waals surface area contributed by atoms with E-state index in [1.807, 2.05) is 30.3 Å². The van der Waals surface area contributed by atoms with Crippen molar-refractivity contribution in [2.45, 2.75) is 33.2 Å². The molecule has 0 aliphatic carbocycles. The van der Waals surface area contributed by atoms with Gasteiger partial charge in [-0.25, -0.2) is 0 Å². The zero-order valence-electron chi connectivity index (χ0n) is 14.9. The molecule has 0 aliphatic heterocycles. The highest BCUT2D eigenvalue weighted by Gasteiger charge is 2.15. The van der Waals surface area contributed by atoms with E-state index in [2.05, 4.69) is 51.5 Å². The van der Waals surface area contributed by atoms with Crippen molar-refractivity contribution in [1.29, 1.82) is 0 Å². The molecule has 3 nitrogen and oxygen atoms in total. The Morgan fingerprint density at radius 2 is 1.88 bits per heavy atom.